The van der Waals surface area contributed by atoms with Gasteiger partial charge < -0.3 is 13.7 Å². The molecular weight excluding hydrogens is 743 g/mol. The predicted octanol–water partition coefficient (Wildman–Crippen LogP) is 16.4. The molecule has 2 aliphatic rings. The molecule has 13 rings (SSSR count). The van der Waals surface area contributed by atoms with Crippen molar-refractivity contribution in [1.82, 2.24) is 0 Å². The molecule has 0 saturated carbocycles. The first-order valence-electron chi connectivity index (χ1n) is 21.3. The van der Waals surface area contributed by atoms with E-state index >= 15 is 0 Å². The average Bonchev–Trinajstić information content (AvgIpc) is 3.99. The van der Waals surface area contributed by atoms with Gasteiger partial charge in [0, 0.05) is 43.7 Å². The predicted molar refractivity (Wildman–Crippen MR) is 254 cm³/mol. The van der Waals surface area contributed by atoms with Gasteiger partial charge >= 0.3 is 0 Å². The van der Waals surface area contributed by atoms with Crippen LogP contribution in [0.1, 0.15) is 49.9 Å². The Kier molecular flexibility index (Phi) is 6.85. The van der Waals surface area contributed by atoms with Gasteiger partial charge in [-0.25, -0.2) is 0 Å². The highest BCUT2D eigenvalue weighted by molar-refractivity contribution is 6.29. The summed E-state index contributed by atoms with van der Waals surface area (Å²) in [6, 6.07) is 64.4. The van der Waals surface area contributed by atoms with Crippen molar-refractivity contribution >= 4 is 71.7 Å². The fourth-order valence-electron chi connectivity index (χ4n) is 11.0. The molecule has 61 heavy (non-hydrogen) atoms. The Labute approximate surface area is 354 Å². The van der Waals surface area contributed by atoms with Crippen LogP contribution in [0.5, 0.6) is 0 Å². The van der Waals surface area contributed by atoms with E-state index in [1.54, 1.807) is 0 Å². The number of fused-ring (bicyclic) bond motifs is 14. The average molecular weight is 784 g/mol. The Morgan fingerprint density at radius 1 is 0.377 bits per heavy atom. The van der Waals surface area contributed by atoms with Crippen LogP contribution in [0.4, 0.5) is 17.1 Å². The number of para-hydroxylation sites is 1. The molecule has 0 unspecified atom stereocenters. The van der Waals surface area contributed by atoms with E-state index in [2.05, 4.69) is 202 Å². The number of hydrogen-bond donors (Lipinski definition) is 0. The lowest BCUT2D eigenvalue weighted by atomic mass is 9.82. The first-order chi connectivity index (χ1) is 29.8. The Morgan fingerprint density at radius 3 is 1.62 bits per heavy atom. The number of nitrogens with zero attached hydrogens (tertiary/aromatic N) is 1. The highest BCUT2D eigenvalue weighted by atomic mass is 16.3. The van der Waals surface area contributed by atoms with Gasteiger partial charge in [0.05, 0.1) is 5.69 Å². The van der Waals surface area contributed by atoms with Crippen LogP contribution in [-0.2, 0) is 10.8 Å². The van der Waals surface area contributed by atoms with Gasteiger partial charge in [-0.2, -0.15) is 0 Å². The molecule has 0 aliphatic heterocycles. The van der Waals surface area contributed by atoms with Gasteiger partial charge in [0.15, 0.2) is 5.58 Å². The van der Waals surface area contributed by atoms with Crippen molar-refractivity contribution in [2.45, 2.75) is 38.5 Å². The minimum Gasteiger partial charge on any atom is -0.456 e. The molecule has 0 N–H and O–H groups in total. The van der Waals surface area contributed by atoms with Gasteiger partial charge in [-0.05, 0) is 121 Å². The van der Waals surface area contributed by atoms with Crippen molar-refractivity contribution in [2.75, 3.05) is 4.90 Å². The molecule has 290 valence electrons. The van der Waals surface area contributed by atoms with Crippen LogP contribution in [0.3, 0.4) is 0 Å². The molecular formula is C58H41NO2. The molecule has 2 aromatic heterocycles. The zero-order valence-electron chi connectivity index (χ0n) is 34.5. The van der Waals surface area contributed by atoms with Gasteiger partial charge in [0.2, 0.25) is 0 Å². The lowest BCUT2D eigenvalue weighted by molar-refractivity contribution is 0.659. The summed E-state index contributed by atoms with van der Waals surface area (Å²) in [5.74, 6) is 0. The van der Waals surface area contributed by atoms with E-state index in [1.807, 2.05) is 6.07 Å². The maximum Gasteiger partial charge on any atom is 0.160 e. The first kappa shape index (κ1) is 34.5. The third-order valence-corrected chi connectivity index (χ3v) is 14.1. The standard InChI is InChI=1S/C58H41NO2/c1-57(2)45-18-10-7-15-40(45)42-25-23-37(32-47(42)57)59(38-24-26-43-41-16-8-11-19-46(41)58(3,4)48(43)33-38)49-28-27-39(36-22-21-34-13-5-6-14-35(34)31-36)54-55-52(61-56(49)54)30-29-51-53(55)44-17-9-12-20-50(44)60-51/h5-33H,1-4H3. The Bertz CT molecular complexity index is 3560. The van der Waals surface area contributed by atoms with Gasteiger partial charge in [-0.15, -0.1) is 0 Å². The molecule has 0 bridgehead atoms. The number of furan rings is 2. The second-order valence-electron chi connectivity index (χ2n) is 18.0. The highest BCUT2D eigenvalue weighted by Crippen LogP contribution is 2.55. The number of benzene rings is 9. The van der Waals surface area contributed by atoms with Crippen LogP contribution < -0.4 is 4.90 Å². The maximum atomic E-state index is 7.27. The summed E-state index contributed by atoms with van der Waals surface area (Å²) < 4.78 is 13.8. The van der Waals surface area contributed by atoms with E-state index in [9.17, 15) is 0 Å². The van der Waals surface area contributed by atoms with E-state index in [0.717, 1.165) is 72.1 Å². The Hall–Kier alpha value is -7.36. The monoisotopic (exact) mass is 783 g/mol. The first-order valence-corrected chi connectivity index (χ1v) is 21.3. The second kappa shape index (κ2) is 12.1. The van der Waals surface area contributed by atoms with Crippen LogP contribution in [0.15, 0.2) is 185 Å². The molecule has 2 heterocycles. The lowest BCUT2D eigenvalue weighted by Crippen LogP contribution is -2.18. The van der Waals surface area contributed by atoms with E-state index < -0.39 is 0 Å². The zero-order chi connectivity index (χ0) is 40.8. The lowest BCUT2D eigenvalue weighted by Gasteiger charge is -2.30. The smallest absolute Gasteiger partial charge is 0.160 e. The SMILES string of the molecule is CC1(C)c2ccccc2-c2ccc(N(c3ccc4c(c3)C(C)(C)c3ccccc3-4)c3ccc(-c4ccc5ccccc5c4)c4c3oc3ccc5oc6ccccc6c5c34)cc21. The van der Waals surface area contributed by atoms with E-state index in [0.29, 0.717) is 0 Å². The molecule has 0 spiro atoms. The molecule has 9 aromatic carbocycles. The van der Waals surface area contributed by atoms with Crippen molar-refractivity contribution in [2.24, 2.45) is 0 Å². The highest BCUT2D eigenvalue weighted by Gasteiger charge is 2.38. The van der Waals surface area contributed by atoms with Crippen LogP contribution in [0, 0.1) is 0 Å². The molecule has 11 aromatic rings. The van der Waals surface area contributed by atoms with Crippen molar-refractivity contribution in [1.29, 1.82) is 0 Å². The normalized spacial score (nSPS) is 14.5. The third kappa shape index (κ3) is 4.69. The van der Waals surface area contributed by atoms with Gasteiger partial charge in [0.1, 0.15) is 16.7 Å². The fourth-order valence-corrected chi connectivity index (χ4v) is 11.0. The topological polar surface area (TPSA) is 29.5 Å². The molecule has 2 aliphatic carbocycles. The number of rotatable bonds is 4. The minimum atomic E-state index is -0.169. The van der Waals surface area contributed by atoms with E-state index in [1.165, 1.54) is 55.3 Å². The quantitative estimate of drug-likeness (QED) is 0.178. The molecule has 0 amide bonds. The van der Waals surface area contributed by atoms with Crippen molar-refractivity contribution in [3.8, 4) is 33.4 Å². The van der Waals surface area contributed by atoms with Crippen LogP contribution in [-0.4, -0.2) is 0 Å². The van der Waals surface area contributed by atoms with Crippen molar-refractivity contribution in [3.63, 3.8) is 0 Å². The van der Waals surface area contributed by atoms with Gasteiger partial charge in [0.25, 0.3) is 0 Å². The minimum absolute atomic E-state index is 0.169. The van der Waals surface area contributed by atoms with Crippen molar-refractivity contribution in [3.05, 3.63) is 198 Å². The van der Waals surface area contributed by atoms with E-state index in [4.69, 9.17) is 8.83 Å². The summed E-state index contributed by atoms with van der Waals surface area (Å²) in [6.07, 6.45) is 0. The number of hydrogen-bond acceptors (Lipinski definition) is 3. The summed E-state index contributed by atoms with van der Waals surface area (Å²) in [6.45, 7) is 9.43. The number of anilines is 3. The third-order valence-electron chi connectivity index (χ3n) is 14.1. The second-order valence-corrected chi connectivity index (χ2v) is 18.0. The molecule has 3 heteroatoms. The molecule has 3 nitrogen and oxygen atoms in total. The fraction of sp³-hybridized carbons (Fsp3) is 0.103. The molecule has 0 saturated heterocycles. The Balaban J connectivity index is 1.13. The van der Waals surface area contributed by atoms with Gasteiger partial charge in [-0.3, -0.25) is 0 Å². The molecule has 0 radical (unpaired) electrons. The summed E-state index contributed by atoms with van der Waals surface area (Å²) in [7, 11) is 0. The summed E-state index contributed by atoms with van der Waals surface area (Å²) in [5, 5.41) is 6.72. The largest absolute Gasteiger partial charge is 0.456 e. The molecule has 0 atom stereocenters. The summed E-state index contributed by atoms with van der Waals surface area (Å²) >= 11 is 0. The van der Waals surface area contributed by atoms with Crippen LogP contribution in [0.25, 0.3) is 88.0 Å². The molecule has 0 fully saturated rings. The summed E-state index contributed by atoms with van der Waals surface area (Å²) in [5.41, 5.74) is 19.1. The summed E-state index contributed by atoms with van der Waals surface area (Å²) in [4.78, 5) is 2.44. The van der Waals surface area contributed by atoms with Gasteiger partial charge in [-0.1, -0.05) is 149 Å². The Morgan fingerprint density at radius 2 is 0.934 bits per heavy atom. The van der Waals surface area contributed by atoms with E-state index in [-0.39, 0.29) is 10.8 Å². The zero-order valence-corrected chi connectivity index (χ0v) is 34.5. The maximum absolute atomic E-state index is 7.27. The van der Waals surface area contributed by atoms with Crippen LogP contribution in [0.2, 0.25) is 0 Å². The van der Waals surface area contributed by atoms with Crippen LogP contribution >= 0.6 is 0 Å². The van der Waals surface area contributed by atoms with Crippen molar-refractivity contribution < 1.29 is 8.83 Å².